The Hall–Kier alpha value is -3.52. The lowest BCUT2D eigenvalue weighted by molar-refractivity contribution is -0.131. The van der Waals surface area contributed by atoms with Crippen molar-refractivity contribution in [2.75, 3.05) is 10.8 Å². The van der Waals surface area contributed by atoms with Gasteiger partial charge in [0.2, 0.25) is 5.91 Å². The SMILES string of the molecule is O=C(CN1c2cccc3cccc(c23)S1(=O)=O)N(Cc1ccco1)Cc1ccco1. The molecule has 8 heteroatoms. The monoisotopic (exact) mass is 422 g/mol. The van der Waals surface area contributed by atoms with Crippen molar-refractivity contribution in [1.29, 1.82) is 0 Å². The van der Waals surface area contributed by atoms with Crippen LogP contribution in [0.1, 0.15) is 11.5 Å². The second-order valence-electron chi connectivity index (χ2n) is 7.05. The van der Waals surface area contributed by atoms with E-state index in [0.29, 0.717) is 22.6 Å². The van der Waals surface area contributed by atoms with Gasteiger partial charge in [-0.3, -0.25) is 9.10 Å². The summed E-state index contributed by atoms with van der Waals surface area (Å²) in [4.78, 5) is 15.0. The zero-order valence-electron chi connectivity index (χ0n) is 15.9. The highest BCUT2D eigenvalue weighted by molar-refractivity contribution is 7.93. The van der Waals surface area contributed by atoms with Crippen molar-refractivity contribution >= 4 is 32.4 Å². The molecule has 4 aromatic rings. The fraction of sp³-hybridized carbons (Fsp3) is 0.136. The van der Waals surface area contributed by atoms with E-state index in [0.717, 1.165) is 5.39 Å². The summed E-state index contributed by atoms with van der Waals surface area (Å²) in [5.41, 5.74) is 0.521. The number of hydrogen-bond donors (Lipinski definition) is 0. The smallest absolute Gasteiger partial charge is 0.265 e. The van der Waals surface area contributed by atoms with Crippen LogP contribution in [0.25, 0.3) is 10.8 Å². The molecule has 0 atom stereocenters. The Morgan fingerprint density at radius 2 is 1.50 bits per heavy atom. The minimum atomic E-state index is -3.81. The molecule has 0 spiro atoms. The maximum absolute atomic E-state index is 13.2. The number of nitrogens with zero attached hydrogens (tertiary/aromatic N) is 2. The molecule has 2 aromatic heterocycles. The minimum Gasteiger partial charge on any atom is -0.467 e. The van der Waals surface area contributed by atoms with Gasteiger partial charge in [0.15, 0.2) is 0 Å². The zero-order valence-corrected chi connectivity index (χ0v) is 16.7. The summed E-state index contributed by atoms with van der Waals surface area (Å²) in [6.07, 6.45) is 3.07. The number of carbonyl (C=O) groups excluding carboxylic acids is 1. The molecule has 1 aliphatic rings. The molecule has 152 valence electrons. The molecule has 0 unspecified atom stereocenters. The lowest BCUT2D eigenvalue weighted by Gasteiger charge is -2.25. The van der Waals surface area contributed by atoms with Crippen molar-refractivity contribution in [3.8, 4) is 0 Å². The van der Waals surface area contributed by atoms with Gasteiger partial charge in [-0.15, -0.1) is 0 Å². The van der Waals surface area contributed by atoms with Gasteiger partial charge in [-0.05, 0) is 41.8 Å². The average molecular weight is 422 g/mol. The highest BCUT2D eigenvalue weighted by Gasteiger charge is 2.37. The number of sulfonamides is 1. The van der Waals surface area contributed by atoms with Crippen LogP contribution in [0.2, 0.25) is 0 Å². The summed E-state index contributed by atoms with van der Waals surface area (Å²) in [5, 5.41) is 1.47. The van der Waals surface area contributed by atoms with E-state index in [9.17, 15) is 13.2 Å². The largest absolute Gasteiger partial charge is 0.467 e. The Labute approximate surface area is 173 Å². The van der Waals surface area contributed by atoms with Gasteiger partial charge in [0.1, 0.15) is 18.1 Å². The van der Waals surface area contributed by atoms with Gasteiger partial charge < -0.3 is 13.7 Å². The molecular formula is C22H18N2O5S. The third-order valence-corrected chi connectivity index (χ3v) is 6.97. The molecule has 1 amide bonds. The van der Waals surface area contributed by atoms with Gasteiger partial charge in [0, 0.05) is 5.39 Å². The van der Waals surface area contributed by atoms with E-state index in [1.54, 1.807) is 48.5 Å². The quantitative estimate of drug-likeness (QED) is 0.472. The Morgan fingerprint density at radius 1 is 0.867 bits per heavy atom. The predicted octanol–water partition coefficient (Wildman–Crippen LogP) is 3.76. The Bertz CT molecular complexity index is 1270. The van der Waals surface area contributed by atoms with E-state index in [4.69, 9.17) is 8.83 Å². The highest BCUT2D eigenvalue weighted by Crippen LogP contribution is 2.41. The zero-order chi connectivity index (χ0) is 20.7. The summed E-state index contributed by atoms with van der Waals surface area (Å²) < 4.78 is 38.3. The molecule has 3 heterocycles. The molecule has 7 nitrogen and oxygen atoms in total. The first-order chi connectivity index (χ1) is 14.5. The van der Waals surface area contributed by atoms with Gasteiger partial charge in [-0.1, -0.05) is 24.3 Å². The molecule has 0 fully saturated rings. The van der Waals surface area contributed by atoms with Crippen LogP contribution in [0.15, 0.2) is 86.9 Å². The fourth-order valence-corrected chi connectivity index (χ4v) is 5.42. The first-order valence-corrected chi connectivity index (χ1v) is 10.8. The second-order valence-corrected chi connectivity index (χ2v) is 8.88. The van der Waals surface area contributed by atoms with E-state index in [-0.39, 0.29) is 30.4 Å². The highest BCUT2D eigenvalue weighted by atomic mass is 32.2. The Balaban J connectivity index is 1.47. The van der Waals surface area contributed by atoms with Crippen molar-refractivity contribution in [3.63, 3.8) is 0 Å². The molecule has 0 saturated carbocycles. The Kier molecular flexibility index (Phi) is 4.36. The lowest BCUT2D eigenvalue weighted by atomic mass is 10.1. The van der Waals surface area contributed by atoms with Crippen molar-refractivity contribution in [1.82, 2.24) is 4.90 Å². The normalized spacial score (nSPS) is 14.3. The lowest BCUT2D eigenvalue weighted by Crippen LogP contribution is -2.41. The van der Waals surface area contributed by atoms with E-state index in [1.165, 1.54) is 21.7 Å². The number of amides is 1. The number of anilines is 1. The van der Waals surface area contributed by atoms with Gasteiger partial charge >= 0.3 is 0 Å². The van der Waals surface area contributed by atoms with Crippen LogP contribution in [0.3, 0.4) is 0 Å². The van der Waals surface area contributed by atoms with Crippen molar-refractivity contribution in [3.05, 3.63) is 84.7 Å². The number of furan rings is 2. The number of hydrogen-bond acceptors (Lipinski definition) is 5. The Morgan fingerprint density at radius 3 is 2.10 bits per heavy atom. The van der Waals surface area contributed by atoms with Crippen LogP contribution in [0.5, 0.6) is 0 Å². The third kappa shape index (κ3) is 3.05. The molecule has 5 rings (SSSR count). The third-order valence-electron chi connectivity index (χ3n) is 5.17. The summed E-state index contributed by atoms with van der Waals surface area (Å²) in [5.74, 6) is 0.852. The molecule has 30 heavy (non-hydrogen) atoms. The van der Waals surface area contributed by atoms with Crippen molar-refractivity contribution in [2.45, 2.75) is 18.0 Å². The summed E-state index contributed by atoms with van der Waals surface area (Å²) >= 11 is 0. The van der Waals surface area contributed by atoms with E-state index >= 15 is 0 Å². The van der Waals surface area contributed by atoms with Gasteiger partial charge in [0.05, 0.1) is 36.2 Å². The molecule has 2 aromatic carbocycles. The maximum Gasteiger partial charge on any atom is 0.265 e. The minimum absolute atomic E-state index is 0.206. The molecular weight excluding hydrogens is 404 g/mol. The van der Waals surface area contributed by atoms with E-state index in [1.807, 2.05) is 12.1 Å². The fourth-order valence-electron chi connectivity index (χ4n) is 3.76. The maximum atomic E-state index is 13.2. The van der Waals surface area contributed by atoms with Gasteiger partial charge in [-0.25, -0.2) is 8.42 Å². The van der Waals surface area contributed by atoms with Crippen molar-refractivity contribution < 1.29 is 22.0 Å². The van der Waals surface area contributed by atoms with Crippen LogP contribution in [0.4, 0.5) is 5.69 Å². The van der Waals surface area contributed by atoms with Crippen LogP contribution in [-0.2, 0) is 27.9 Å². The second kappa shape index (κ2) is 7.07. The molecule has 0 N–H and O–H groups in total. The molecule has 1 aliphatic heterocycles. The van der Waals surface area contributed by atoms with Crippen LogP contribution in [0, 0.1) is 0 Å². The van der Waals surface area contributed by atoms with E-state index in [2.05, 4.69) is 0 Å². The molecule has 0 saturated heterocycles. The van der Waals surface area contributed by atoms with Gasteiger partial charge in [-0.2, -0.15) is 0 Å². The molecule has 0 bridgehead atoms. The predicted molar refractivity (Wildman–Crippen MR) is 110 cm³/mol. The van der Waals surface area contributed by atoms with Crippen LogP contribution < -0.4 is 4.31 Å². The average Bonchev–Trinajstić information content (AvgIpc) is 3.47. The standard InChI is InChI=1S/C22H18N2O5S/c25-21(23(13-17-7-3-11-28-17)14-18-8-4-12-29-18)15-24-19-9-1-5-16-6-2-10-20(22(16)19)30(24,26)27/h1-12H,13-15H2. The molecule has 0 radical (unpaired) electrons. The van der Waals surface area contributed by atoms with Gasteiger partial charge in [0.25, 0.3) is 10.0 Å². The number of rotatable bonds is 6. The summed E-state index contributed by atoms with van der Waals surface area (Å²) in [6.45, 7) is 0.104. The van der Waals surface area contributed by atoms with E-state index < -0.39 is 10.0 Å². The topological polar surface area (TPSA) is 84.0 Å². The van der Waals surface area contributed by atoms with Crippen molar-refractivity contribution in [2.24, 2.45) is 0 Å². The number of carbonyl (C=O) groups is 1. The first kappa shape index (κ1) is 18.5. The number of benzene rings is 2. The summed E-state index contributed by atoms with van der Waals surface area (Å²) in [7, 11) is -3.81. The first-order valence-electron chi connectivity index (χ1n) is 9.41. The van der Waals surface area contributed by atoms with Crippen LogP contribution >= 0.6 is 0 Å². The van der Waals surface area contributed by atoms with Crippen LogP contribution in [-0.4, -0.2) is 25.8 Å². The molecule has 0 aliphatic carbocycles. The summed E-state index contributed by atoms with van der Waals surface area (Å²) in [6, 6.07) is 17.6.